The number of aliphatic imine (C=N–C) groups is 1. The third kappa shape index (κ3) is 2.59. The molecule has 1 atom stereocenters. The van der Waals surface area contributed by atoms with Gasteiger partial charge in [0.05, 0.1) is 6.04 Å². The maximum Gasteiger partial charge on any atom is 0.235 e. The third-order valence-electron chi connectivity index (χ3n) is 2.53. The van der Waals surface area contributed by atoms with Crippen molar-refractivity contribution < 1.29 is 4.79 Å². The molecule has 1 unspecified atom stereocenters. The normalized spacial score (nSPS) is 19.1. The fourth-order valence-corrected chi connectivity index (χ4v) is 1.76. The van der Waals surface area contributed by atoms with Crippen LogP contribution in [0.5, 0.6) is 0 Å². The van der Waals surface area contributed by atoms with Gasteiger partial charge in [0.15, 0.2) is 0 Å². The van der Waals surface area contributed by atoms with Gasteiger partial charge in [-0.1, -0.05) is 30.3 Å². The second-order valence-corrected chi connectivity index (χ2v) is 3.85. The van der Waals surface area contributed by atoms with E-state index in [4.69, 9.17) is 0 Å². The molecule has 0 aromatic heterocycles. The molecule has 2 N–H and O–H groups in total. The highest BCUT2D eigenvalue weighted by atomic mass is 16.2. The number of hydrazine groups is 1. The van der Waals surface area contributed by atoms with E-state index >= 15 is 0 Å². The molecule has 4 nitrogen and oxygen atoms in total. The molecule has 1 amide bonds. The number of amidine groups is 1. The number of hydrogen-bond acceptors (Lipinski definition) is 3. The van der Waals surface area contributed by atoms with E-state index in [2.05, 4.69) is 28.0 Å². The van der Waals surface area contributed by atoms with Crippen LogP contribution in [0.25, 0.3) is 0 Å². The number of carbonyl (C=O) groups is 1. The van der Waals surface area contributed by atoms with Crippen molar-refractivity contribution in [2.24, 2.45) is 4.99 Å². The maximum absolute atomic E-state index is 10.7. The van der Waals surface area contributed by atoms with Crippen LogP contribution in [0.3, 0.4) is 0 Å². The Kier molecular flexibility index (Phi) is 3.19. The van der Waals surface area contributed by atoms with Crippen LogP contribution in [0, 0.1) is 0 Å². The van der Waals surface area contributed by atoms with E-state index in [9.17, 15) is 4.79 Å². The first-order valence-electron chi connectivity index (χ1n) is 5.40. The Hall–Kier alpha value is -1.84. The summed E-state index contributed by atoms with van der Waals surface area (Å²) < 4.78 is 0. The summed E-state index contributed by atoms with van der Waals surface area (Å²) in [4.78, 5) is 15.2. The molecular formula is C12H15N3O. The van der Waals surface area contributed by atoms with Gasteiger partial charge in [0, 0.05) is 13.3 Å². The highest BCUT2D eigenvalue weighted by Gasteiger charge is 2.18. The molecule has 0 saturated carbocycles. The fraction of sp³-hybridized carbons (Fsp3) is 0.333. The van der Waals surface area contributed by atoms with Crippen LogP contribution < -0.4 is 10.9 Å². The zero-order valence-corrected chi connectivity index (χ0v) is 9.23. The molecule has 0 radical (unpaired) electrons. The Bertz CT molecular complexity index is 400. The van der Waals surface area contributed by atoms with Crippen LogP contribution in [-0.4, -0.2) is 11.7 Å². The lowest BCUT2D eigenvalue weighted by Crippen LogP contribution is -2.39. The van der Waals surface area contributed by atoms with Gasteiger partial charge in [-0.3, -0.25) is 20.6 Å². The molecule has 1 aliphatic heterocycles. The molecule has 0 spiro atoms. The number of nitrogens with zero attached hydrogens (tertiary/aromatic N) is 1. The van der Waals surface area contributed by atoms with E-state index in [1.807, 2.05) is 18.2 Å². The minimum Gasteiger partial charge on any atom is -0.286 e. The molecule has 84 valence electrons. The number of hydrogen-bond donors (Lipinski definition) is 2. The van der Waals surface area contributed by atoms with Crippen molar-refractivity contribution in [2.75, 3.05) is 0 Å². The summed E-state index contributed by atoms with van der Waals surface area (Å²) in [5.74, 6) is 0.745. The third-order valence-corrected chi connectivity index (χ3v) is 2.53. The SMILES string of the molecule is CC(=O)NNC1=NC(c2ccccc2)CC1. The monoisotopic (exact) mass is 217 g/mol. The van der Waals surface area contributed by atoms with Gasteiger partial charge in [-0.15, -0.1) is 0 Å². The van der Waals surface area contributed by atoms with Crippen LogP contribution in [-0.2, 0) is 4.79 Å². The summed E-state index contributed by atoms with van der Waals surface area (Å²) in [5.41, 5.74) is 6.60. The largest absolute Gasteiger partial charge is 0.286 e. The molecule has 1 heterocycles. The molecule has 0 bridgehead atoms. The zero-order valence-electron chi connectivity index (χ0n) is 9.23. The van der Waals surface area contributed by atoms with Crippen molar-refractivity contribution in [1.29, 1.82) is 0 Å². The van der Waals surface area contributed by atoms with Gasteiger partial charge in [0.25, 0.3) is 0 Å². The number of carbonyl (C=O) groups excluding carboxylic acids is 1. The second kappa shape index (κ2) is 4.79. The van der Waals surface area contributed by atoms with Crippen molar-refractivity contribution in [2.45, 2.75) is 25.8 Å². The Morgan fingerprint density at radius 3 is 2.81 bits per heavy atom. The first-order chi connectivity index (χ1) is 7.75. The number of amides is 1. The standard InChI is InChI=1S/C12H15N3O/c1-9(16)14-15-12-8-7-11(13-12)10-5-3-2-4-6-10/h2-6,11H,7-8H2,1H3,(H,13,15)(H,14,16). The van der Waals surface area contributed by atoms with Crippen LogP contribution in [0.1, 0.15) is 31.4 Å². The summed E-state index contributed by atoms with van der Waals surface area (Å²) >= 11 is 0. The highest BCUT2D eigenvalue weighted by Crippen LogP contribution is 2.27. The number of benzene rings is 1. The summed E-state index contributed by atoms with van der Waals surface area (Å²) in [6.07, 6.45) is 1.87. The zero-order chi connectivity index (χ0) is 11.4. The lowest BCUT2D eigenvalue weighted by molar-refractivity contribution is -0.119. The quantitative estimate of drug-likeness (QED) is 0.701. The molecule has 0 saturated heterocycles. The van der Waals surface area contributed by atoms with E-state index in [-0.39, 0.29) is 11.9 Å². The Labute approximate surface area is 94.7 Å². The van der Waals surface area contributed by atoms with Crippen molar-refractivity contribution in [3.8, 4) is 0 Å². The molecule has 0 fully saturated rings. The summed E-state index contributed by atoms with van der Waals surface area (Å²) in [7, 11) is 0. The maximum atomic E-state index is 10.7. The van der Waals surface area contributed by atoms with Gasteiger partial charge >= 0.3 is 0 Å². The van der Waals surface area contributed by atoms with Crippen molar-refractivity contribution >= 4 is 11.7 Å². The lowest BCUT2D eigenvalue weighted by Gasteiger charge is -2.05. The Morgan fingerprint density at radius 1 is 1.38 bits per heavy atom. The fourth-order valence-electron chi connectivity index (χ4n) is 1.76. The Morgan fingerprint density at radius 2 is 2.12 bits per heavy atom. The molecular weight excluding hydrogens is 202 g/mol. The highest BCUT2D eigenvalue weighted by molar-refractivity contribution is 5.86. The number of rotatable bonds is 1. The molecule has 0 aliphatic carbocycles. The van der Waals surface area contributed by atoms with Gasteiger partial charge in [-0.05, 0) is 12.0 Å². The number of nitrogens with one attached hydrogen (secondary N) is 2. The van der Waals surface area contributed by atoms with E-state index < -0.39 is 0 Å². The van der Waals surface area contributed by atoms with Crippen LogP contribution in [0.2, 0.25) is 0 Å². The minimum absolute atomic E-state index is 0.106. The predicted molar refractivity (Wildman–Crippen MR) is 62.8 cm³/mol. The molecule has 4 heteroatoms. The van der Waals surface area contributed by atoms with Gasteiger partial charge in [0.2, 0.25) is 5.91 Å². The van der Waals surface area contributed by atoms with Gasteiger partial charge < -0.3 is 0 Å². The van der Waals surface area contributed by atoms with E-state index in [1.165, 1.54) is 12.5 Å². The molecule has 2 rings (SSSR count). The molecule has 1 aromatic rings. The average Bonchev–Trinajstić information content (AvgIpc) is 2.76. The Balaban J connectivity index is 1.98. The van der Waals surface area contributed by atoms with Gasteiger partial charge in [-0.2, -0.15) is 0 Å². The van der Waals surface area contributed by atoms with Gasteiger partial charge in [0.1, 0.15) is 5.84 Å². The first-order valence-corrected chi connectivity index (χ1v) is 5.40. The van der Waals surface area contributed by atoms with E-state index in [0.29, 0.717) is 0 Å². The topological polar surface area (TPSA) is 53.5 Å². The second-order valence-electron chi connectivity index (χ2n) is 3.85. The molecule has 1 aliphatic rings. The lowest BCUT2D eigenvalue weighted by atomic mass is 10.1. The summed E-state index contributed by atoms with van der Waals surface area (Å²) in [6, 6.07) is 10.4. The van der Waals surface area contributed by atoms with Gasteiger partial charge in [-0.25, -0.2) is 0 Å². The van der Waals surface area contributed by atoms with E-state index in [1.54, 1.807) is 0 Å². The smallest absolute Gasteiger partial charge is 0.235 e. The van der Waals surface area contributed by atoms with Crippen molar-refractivity contribution in [3.05, 3.63) is 35.9 Å². The summed E-state index contributed by atoms with van der Waals surface area (Å²) in [5, 5.41) is 0. The van der Waals surface area contributed by atoms with Crippen molar-refractivity contribution in [1.82, 2.24) is 10.9 Å². The predicted octanol–water partition coefficient (Wildman–Crippen LogP) is 1.56. The van der Waals surface area contributed by atoms with Crippen LogP contribution >= 0.6 is 0 Å². The van der Waals surface area contributed by atoms with Crippen molar-refractivity contribution in [3.63, 3.8) is 0 Å². The van der Waals surface area contributed by atoms with Crippen LogP contribution in [0.15, 0.2) is 35.3 Å². The van der Waals surface area contributed by atoms with E-state index in [0.717, 1.165) is 18.7 Å². The average molecular weight is 217 g/mol. The molecule has 1 aromatic carbocycles. The molecule has 16 heavy (non-hydrogen) atoms. The van der Waals surface area contributed by atoms with Crippen LogP contribution in [0.4, 0.5) is 0 Å². The summed E-state index contributed by atoms with van der Waals surface area (Å²) in [6.45, 7) is 1.47. The minimum atomic E-state index is -0.106. The first kappa shape index (κ1) is 10.7.